The van der Waals surface area contributed by atoms with Crippen molar-refractivity contribution in [3.8, 4) is 0 Å². The third kappa shape index (κ3) is 8.34. The van der Waals surface area contributed by atoms with Gasteiger partial charge in [-0.05, 0) is 99.3 Å². The predicted molar refractivity (Wildman–Crippen MR) is 192 cm³/mol. The van der Waals surface area contributed by atoms with Gasteiger partial charge < -0.3 is 14.6 Å². The Kier molecular flexibility index (Phi) is 13.7. The van der Waals surface area contributed by atoms with E-state index >= 15 is 0 Å². The van der Waals surface area contributed by atoms with Crippen molar-refractivity contribution in [3.05, 3.63) is 83.5 Å². The molecule has 0 spiro atoms. The zero-order valence-corrected chi connectivity index (χ0v) is 29.3. The summed E-state index contributed by atoms with van der Waals surface area (Å²) in [4.78, 5) is 22.0. The summed E-state index contributed by atoms with van der Waals surface area (Å²) in [6, 6.07) is 13.3. The van der Waals surface area contributed by atoms with Gasteiger partial charge in [-0.3, -0.25) is 4.90 Å². The number of fused-ring (bicyclic) bond motifs is 2. The number of aryl methyl sites for hydroxylation is 2. The number of halogens is 3. The fourth-order valence-electron chi connectivity index (χ4n) is 7.59. The van der Waals surface area contributed by atoms with Crippen LogP contribution in [0.4, 0.5) is 9.18 Å². The average Bonchev–Trinajstić information content (AvgIpc) is 3.33. The molecule has 2 aliphatic rings. The Bertz CT molecular complexity index is 1510. The number of benzene rings is 2. The number of amides is 1. The molecule has 0 saturated carbocycles. The first-order valence-electron chi connectivity index (χ1n) is 16.4. The number of allylic oxidation sites excluding steroid dienone is 1. The molecule has 0 aliphatic heterocycles. The minimum atomic E-state index is -0.880. The smallest absolute Gasteiger partial charge is 0.408 e. The van der Waals surface area contributed by atoms with Crippen LogP contribution in [0, 0.1) is 17.7 Å². The van der Waals surface area contributed by atoms with E-state index < -0.39 is 11.6 Å². The quantitative estimate of drug-likeness (QED) is 0.145. The zero-order chi connectivity index (χ0) is 31.3. The van der Waals surface area contributed by atoms with Crippen LogP contribution in [0.5, 0.6) is 0 Å². The van der Waals surface area contributed by atoms with E-state index in [0.717, 1.165) is 80.5 Å². The maximum Gasteiger partial charge on any atom is 0.408 e. The second-order valence-electron chi connectivity index (χ2n) is 13.3. The second-order valence-corrected chi connectivity index (χ2v) is 13.3. The third-order valence-electron chi connectivity index (χ3n) is 9.86. The minimum Gasteiger partial charge on any atom is -0.465 e. The number of hydrogen-bond acceptors (Lipinski definition) is 3. The third-order valence-corrected chi connectivity index (χ3v) is 9.86. The molecule has 0 radical (unpaired) electrons. The molecule has 252 valence electrons. The zero-order valence-electron chi connectivity index (χ0n) is 27.7. The van der Waals surface area contributed by atoms with Crippen molar-refractivity contribution in [1.29, 1.82) is 0 Å². The van der Waals surface area contributed by atoms with E-state index in [0.29, 0.717) is 13.0 Å². The molecular formula is C37H51Cl2FN4O2. The number of unbranched alkanes of at least 4 members (excludes halogenated alkanes) is 2. The molecule has 1 unspecified atom stereocenters. The Labute approximate surface area is 286 Å². The molecule has 1 aromatic heterocycles. The first-order valence-corrected chi connectivity index (χ1v) is 16.4. The summed E-state index contributed by atoms with van der Waals surface area (Å²) >= 11 is 0. The lowest BCUT2D eigenvalue weighted by Crippen LogP contribution is -2.58. The monoisotopic (exact) mass is 672 g/mol. The van der Waals surface area contributed by atoms with Crippen LogP contribution in [-0.2, 0) is 13.5 Å². The predicted octanol–water partition coefficient (Wildman–Crippen LogP) is 9.13. The van der Waals surface area contributed by atoms with E-state index in [1.807, 2.05) is 18.2 Å². The minimum absolute atomic E-state index is 0. The van der Waals surface area contributed by atoms with Crippen LogP contribution in [0.2, 0.25) is 0 Å². The Balaban J connectivity index is 0.00000288. The Morgan fingerprint density at radius 3 is 2.61 bits per heavy atom. The summed E-state index contributed by atoms with van der Waals surface area (Å²) in [5.74, 6) is 1.17. The van der Waals surface area contributed by atoms with Crippen LogP contribution >= 0.6 is 24.8 Å². The van der Waals surface area contributed by atoms with Crippen LogP contribution in [0.25, 0.3) is 17.1 Å². The maximum absolute atomic E-state index is 14.2. The first kappa shape index (κ1) is 37.6. The number of hydrogen-bond donors (Lipinski definition) is 1. The van der Waals surface area contributed by atoms with E-state index in [9.17, 15) is 14.3 Å². The molecule has 0 bridgehead atoms. The topological polar surface area (TPSA) is 61.6 Å². The number of rotatable bonds is 13. The van der Waals surface area contributed by atoms with Gasteiger partial charge >= 0.3 is 6.09 Å². The van der Waals surface area contributed by atoms with Crippen molar-refractivity contribution in [2.45, 2.75) is 76.7 Å². The second kappa shape index (κ2) is 16.8. The summed E-state index contributed by atoms with van der Waals surface area (Å²) in [5.41, 5.74) is 3.41. The normalized spacial score (nSPS) is 20.4. The van der Waals surface area contributed by atoms with E-state index in [2.05, 4.69) is 73.8 Å². The van der Waals surface area contributed by atoms with Crippen molar-refractivity contribution >= 4 is 48.0 Å². The molecule has 46 heavy (non-hydrogen) atoms. The Hall–Kier alpha value is -2.87. The van der Waals surface area contributed by atoms with Crippen LogP contribution in [0.15, 0.2) is 60.7 Å². The number of aromatic nitrogens is 2. The van der Waals surface area contributed by atoms with Crippen molar-refractivity contribution in [2.75, 3.05) is 26.7 Å². The van der Waals surface area contributed by atoms with Gasteiger partial charge in [-0.2, -0.15) is 0 Å². The van der Waals surface area contributed by atoms with Crippen LogP contribution < -0.4 is 0 Å². The molecule has 3 aromatic rings. The highest BCUT2D eigenvalue weighted by atomic mass is 35.5. The number of imidazole rings is 1. The van der Waals surface area contributed by atoms with E-state index in [1.165, 1.54) is 11.6 Å². The van der Waals surface area contributed by atoms with Crippen molar-refractivity contribution in [1.82, 2.24) is 19.4 Å². The van der Waals surface area contributed by atoms with Crippen LogP contribution in [0.1, 0.15) is 81.7 Å². The summed E-state index contributed by atoms with van der Waals surface area (Å²) < 4.78 is 16.4. The van der Waals surface area contributed by atoms with Crippen molar-refractivity contribution < 1.29 is 14.3 Å². The number of nitrogens with zero attached hydrogens (tertiary/aromatic N) is 4. The Morgan fingerprint density at radius 2 is 1.91 bits per heavy atom. The summed E-state index contributed by atoms with van der Waals surface area (Å²) in [7, 11) is 4.24. The molecule has 5 rings (SSSR count). The molecule has 0 fully saturated rings. The highest BCUT2D eigenvalue weighted by Crippen LogP contribution is 2.48. The Morgan fingerprint density at radius 1 is 1.13 bits per heavy atom. The van der Waals surface area contributed by atoms with Gasteiger partial charge in [0.15, 0.2) is 0 Å². The molecule has 1 amide bonds. The van der Waals surface area contributed by atoms with Gasteiger partial charge in [0.05, 0.1) is 16.6 Å². The number of carbonyl (C=O) groups is 1. The van der Waals surface area contributed by atoms with E-state index in [1.54, 1.807) is 11.0 Å². The first-order chi connectivity index (χ1) is 21.2. The maximum atomic E-state index is 14.2. The van der Waals surface area contributed by atoms with Gasteiger partial charge in [-0.25, -0.2) is 14.2 Å². The largest absolute Gasteiger partial charge is 0.465 e. The fraction of sp³-hybridized carbons (Fsp3) is 0.514. The fourth-order valence-corrected chi connectivity index (χ4v) is 7.59. The lowest BCUT2D eigenvalue weighted by atomic mass is 9.66. The van der Waals surface area contributed by atoms with Crippen LogP contribution in [0.3, 0.4) is 0 Å². The molecule has 1 heterocycles. The summed E-state index contributed by atoms with van der Waals surface area (Å²) in [6.07, 6.45) is 15.6. The van der Waals surface area contributed by atoms with Crippen LogP contribution in [-0.4, -0.2) is 62.8 Å². The van der Waals surface area contributed by atoms with Gasteiger partial charge in [0.1, 0.15) is 11.6 Å². The van der Waals surface area contributed by atoms with Crippen molar-refractivity contribution in [3.63, 3.8) is 0 Å². The summed E-state index contributed by atoms with van der Waals surface area (Å²) in [6.45, 7) is 6.54. The molecule has 3 atom stereocenters. The molecule has 1 N–H and O–H groups in total. The molecule has 0 saturated heterocycles. The molecule has 6 nitrogen and oxygen atoms in total. The van der Waals surface area contributed by atoms with Gasteiger partial charge in [-0.15, -0.1) is 24.8 Å². The lowest BCUT2D eigenvalue weighted by molar-refractivity contribution is 0.0539. The van der Waals surface area contributed by atoms with Gasteiger partial charge in [0.2, 0.25) is 0 Å². The summed E-state index contributed by atoms with van der Waals surface area (Å²) in [5, 5.41) is 10.7. The molecule has 2 aromatic carbocycles. The number of para-hydroxylation sites is 2. The highest BCUT2D eigenvalue weighted by Gasteiger charge is 2.48. The molecular weight excluding hydrogens is 622 g/mol. The number of carboxylic acid groups (broad SMARTS) is 1. The van der Waals surface area contributed by atoms with E-state index in [4.69, 9.17) is 4.98 Å². The average molecular weight is 674 g/mol. The molecule has 2 aliphatic carbocycles. The SMILES string of the molecule is CC(C)C1c2ccc(F)cc2C=C[C@]1(CCN(C)CCCCCc1nc2ccccc2n1C)N(C[C@@H]1C=CCCC1)C(=O)O.Cl.Cl. The van der Waals surface area contributed by atoms with Gasteiger partial charge in [-0.1, -0.05) is 62.8 Å². The standard InChI is InChI=1S/C37H49FN4O2.2ClH/c1-27(2)35-31-19-18-30(38)25-29(31)20-21-37(35,42(36(43)44)26-28-13-7-5-8-14-28)22-24-40(3)23-12-6-9-17-34-39-32-15-10-11-16-33(32)41(34)4;;/h7,10-11,13,15-16,18-21,25,27-28,35H,5-6,8-9,12,14,17,22-24,26H2,1-4H3,(H,43,44);2*1H/t28-,35?,37-;;/m1../s1. The van der Waals surface area contributed by atoms with Crippen molar-refractivity contribution in [2.24, 2.45) is 18.9 Å². The molecule has 9 heteroatoms. The van der Waals surface area contributed by atoms with Gasteiger partial charge in [0, 0.05) is 32.5 Å². The lowest BCUT2D eigenvalue weighted by Gasteiger charge is -2.51. The van der Waals surface area contributed by atoms with E-state index in [-0.39, 0.29) is 48.4 Å². The van der Waals surface area contributed by atoms with Gasteiger partial charge in [0.25, 0.3) is 0 Å². The highest BCUT2D eigenvalue weighted by molar-refractivity contribution is 5.85.